The Bertz CT molecular complexity index is 372. The number of hydrogen-bond acceptors (Lipinski definition) is 2. The zero-order valence-corrected chi connectivity index (χ0v) is 6.73. The summed E-state index contributed by atoms with van der Waals surface area (Å²) in [4.78, 5) is 10.6. The third-order valence-corrected chi connectivity index (χ3v) is 1.49. The van der Waals surface area contributed by atoms with Crippen molar-refractivity contribution in [1.29, 1.82) is 0 Å². The maximum absolute atomic E-state index is 12.8. The molecule has 0 aliphatic carbocycles. The number of carbonyl (C=O) groups excluding carboxylic acids is 1. The molecule has 0 atom stereocenters. The van der Waals surface area contributed by atoms with Gasteiger partial charge in [0.25, 0.3) is 5.78 Å². The van der Waals surface area contributed by atoms with E-state index in [1.165, 1.54) is 0 Å². The van der Waals surface area contributed by atoms with Gasteiger partial charge in [0.1, 0.15) is 5.82 Å². The number of nitrogens with two attached hydrogens (primary N) is 1. The molecule has 0 heterocycles. The molecule has 0 unspecified atom stereocenters. The lowest BCUT2D eigenvalue weighted by molar-refractivity contribution is -0.0887. The van der Waals surface area contributed by atoms with Crippen molar-refractivity contribution in [3.8, 4) is 0 Å². The van der Waals surface area contributed by atoms with Crippen LogP contribution in [0, 0.1) is 5.82 Å². The van der Waals surface area contributed by atoms with E-state index < -0.39 is 23.3 Å². The van der Waals surface area contributed by atoms with Crippen molar-refractivity contribution in [1.82, 2.24) is 0 Å². The summed E-state index contributed by atoms with van der Waals surface area (Å²) in [7, 11) is 0. The van der Waals surface area contributed by atoms with Gasteiger partial charge in [-0.15, -0.1) is 0 Å². The number of alkyl halides is 3. The van der Waals surface area contributed by atoms with E-state index in [0.717, 1.165) is 6.07 Å². The van der Waals surface area contributed by atoms with E-state index in [0.29, 0.717) is 12.1 Å². The van der Waals surface area contributed by atoms with Gasteiger partial charge in [0.15, 0.2) is 0 Å². The number of anilines is 1. The summed E-state index contributed by atoms with van der Waals surface area (Å²) in [5, 5.41) is 0. The Balaban J connectivity index is 3.19. The molecule has 2 nitrogen and oxygen atoms in total. The van der Waals surface area contributed by atoms with Crippen molar-refractivity contribution in [3.63, 3.8) is 0 Å². The Hall–Kier alpha value is -1.59. The second kappa shape index (κ2) is 3.28. The average Bonchev–Trinajstić information content (AvgIpc) is 2.06. The first-order chi connectivity index (χ1) is 6.32. The molecule has 1 rings (SSSR count). The number of Topliss-reactive ketones (excluding diaryl/α,β-unsaturated/α-hetero) is 1. The van der Waals surface area contributed by atoms with E-state index in [1.54, 1.807) is 0 Å². The van der Waals surface area contributed by atoms with Gasteiger partial charge in [-0.1, -0.05) is 0 Å². The van der Waals surface area contributed by atoms with Crippen LogP contribution in [0.5, 0.6) is 0 Å². The molecular formula is C8H5F4NO. The number of carbonyl (C=O) groups is 1. The van der Waals surface area contributed by atoms with Crippen LogP contribution in [-0.4, -0.2) is 12.0 Å². The molecule has 14 heavy (non-hydrogen) atoms. The summed E-state index contributed by atoms with van der Waals surface area (Å²) in [5.41, 5.74) is 3.97. The smallest absolute Gasteiger partial charge is 0.399 e. The predicted molar refractivity (Wildman–Crippen MR) is 41.2 cm³/mol. The van der Waals surface area contributed by atoms with Crippen LogP contribution in [0.2, 0.25) is 0 Å². The van der Waals surface area contributed by atoms with Crippen LogP contribution in [0.1, 0.15) is 10.4 Å². The Morgan fingerprint density at radius 1 is 1.29 bits per heavy atom. The third-order valence-electron chi connectivity index (χ3n) is 1.49. The maximum atomic E-state index is 12.8. The summed E-state index contributed by atoms with van der Waals surface area (Å²) >= 11 is 0. The van der Waals surface area contributed by atoms with Gasteiger partial charge in [-0.05, 0) is 18.2 Å². The minimum absolute atomic E-state index is 0.0981. The van der Waals surface area contributed by atoms with E-state index in [9.17, 15) is 22.4 Å². The normalized spacial score (nSPS) is 11.4. The first-order valence-corrected chi connectivity index (χ1v) is 3.49. The van der Waals surface area contributed by atoms with Crippen LogP contribution < -0.4 is 5.73 Å². The maximum Gasteiger partial charge on any atom is 0.454 e. The second-order valence-corrected chi connectivity index (χ2v) is 2.57. The summed E-state index contributed by atoms with van der Waals surface area (Å²) in [6, 6.07) is 2.45. The highest BCUT2D eigenvalue weighted by atomic mass is 19.4. The van der Waals surface area contributed by atoms with Gasteiger partial charge in [-0.2, -0.15) is 13.2 Å². The summed E-state index contributed by atoms with van der Waals surface area (Å²) in [6.45, 7) is 0. The Kier molecular flexibility index (Phi) is 2.46. The Morgan fingerprint density at radius 2 is 1.86 bits per heavy atom. The van der Waals surface area contributed by atoms with E-state index in [2.05, 4.69) is 0 Å². The zero-order chi connectivity index (χ0) is 10.9. The van der Waals surface area contributed by atoms with Crippen LogP contribution in [0.4, 0.5) is 23.2 Å². The minimum Gasteiger partial charge on any atom is -0.399 e. The van der Waals surface area contributed by atoms with Gasteiger partial charge in [-0.25, -0.2) is 4.39 Å². The molecule has 76 valence electrons. The fourth-order valence-electron chi connectivity index (χ4n) is 0.870. The topological polar surface area (TPSA) is 43.1 Å². The van der Waals surface area contributed by atoms with Gasteiger partial charge in [0, 0.05) is 5.69 Å². The highest BCUT2D eigenvalue weighted by molar-refractivity contribution is 6.01. The fraction of sp³-hybridized carbons (Fsp3) is 0.125. The monoisotopic (exact) mass is 207 g/mol. The molecule has 0 amide bonds. The lowest BCUT2D eigenvalue weighted by Crippen LogP contribution is -2.23. The van der Waals surface area contributed by atoms with Crippen molar-refractivity contribution in [2.75, 3.05) is 5.73 Å². The van der Waals surface area contributed by atoms with Gasteiger partial charge in [0.2, 0.25) is 0 Å². The van der Waals surface area contributed by atoms with Crippen LogP contribution in [-0.2, 0) is 0 Å². The van der Waals surface area contributed by atoms with Crippen molar-refractivity contribution >= 4 is 11.5 Å². The van der Waals surface area contributed by atoms with E-state index in [1.807, 2.05) is 0 Å². The van der Waals surface area contributed by atoms with Crippen molar-refractivity contribution < 1.29 is 22.4 Å². The van der Waals surface area contributed by atoms with Crippen LogP contribution >= 0.6 is 0 Å². The van der Waals surface area contributed by atoms with Gasteiger partial charge in [-0.3, -0.25) is 4.79 Å². The van der Waals surface area contributed by atoms with E-state index >= 15 is 0 Å². The van der Waals surface area contributed by atoms with Crippen LogP contribution in [0.15, 0.2) is 18.2 Å². The average molecular weight is 207 g/mol. The molecule has 6 heteroatoms. The molecule has 0 fully saturated rings. The summed E-state index contributed by atoms with van der Waals surface area (Å²) in [6.07, 6.45) is -5.09. The summed E-state index contributed by atoms with van der Waals surface area (Å²) < 4.78 is 48.4. The van der Waals surface area contributed by atoms with Crippen molar-refractivity contribution in [2.24, 2.45) is 0 Å². The zero-order valence-electron chi connectivity index (χ0n) is 6.73. The number of hydrogen-bond donors (Lipinski definition) is 1. The largest absolute Gasteiger partial charge is 0.454 e. The molecule has 0 saturated heterocycles. The van der Waals surface area contributed by atoms with Gasteiger partial charge in [0.05, 0.1) is 5.56 Å². The SMILES string of the molecule is Nc1ccc(F)c(C(=O)C(F)(F)F)c1. The molecular weight excluding hydrogens is 202 g/mol. The van der Waals surface area contributed by atoms with Gasteiger partial charge >= 0.3 is 6.18 Å². The minimum atomic E-state index is -5.09. The number of ketones is 1. The highest BCUT2D eigenvalue weighted by Gasteiger charge is 2.40. The lowest BCUT2D eigenvalue weighted by atomic mass is 10.1. The predicted octanol–water partition coefficient (Wildman–Crippen LogP) is 2.15. The first-order valence-electron chi connectivity index (χ1n) is 3.49. The molecule has 0 aliphatic heterocycles. The summed E-state index contributed by atoms with van der Waals surface area (Å²) in [5.74, 6) is -3.47. The molecule has 1 aromatic carbocycles. The Morgan fingerprint density at radius 3 is 2.36 bits per heavy atom. The Labute approximate surface area is 76.3 Å². The lowest BCUT2D eigenvalue weighted by Gasteiger charge is -2.06. The molecule has 0 aromatic heterocycles. The van der Waals surface area contributed by atoms with Crippen molar-refractivity contribution in [3.05, 3.63) is 29.6 Å². The number of halogens is 4. The molecule has 0 radical (unpaired) electrons. The van der Waals surface area contributed by atoms with Crippen LogP contribution in [0.25, 0.3) is 0 Å². The second-order valence-electron chi connectivity index (χ2n) is 2.57. The molecule has 0 bridgehead atoms. The third kappa shape index (κ3) is 2.01. The quantitative estimate of drug-likeness (QED) is 0.435. The number of benzene rings is 1. The molecule has 2 N–H and O–H groups in total. The number of rotatable bonds is 1. The number of nitrogen functional groups attached to an aromatic ring is 1. The standard InChI is InChI=1S/C8H5F4NO/c9-6-2-1-4(13)3-5(6)7(14)8(10,11)12/h1-3H,13H2. The molecule has 0 saturated carbocycles. The fourth-order valence-corrected chi connectivity index (χ4v) is 0.870. The molecule has 0 spiro atoms. The highest BCUT2D eigenvalue weighted by Crippen LogP contribution is 2.24. The van der Waals surface area contributed by atoms with Gasteiger partial charge < -0.3 is 5.73 Å². The molecule has 0 aliphatic rings. The van der Waals surface area contributed by atoms with E-state index in [-0.39, 0.29) is 5.69 Å². The van der Waals surface area contributed by atoms with E-state index in [4.69, 9.17) is 5.73 Å². The van der Waals surface area contributed by atoms with Crippen molar-refractivity contribution in [2.45, 2.75) is 6.18 Å². The first kappa shape index (κ1) is 10.5. The molecule has 1 aromatic rings. The van der Waals surface area contributed by atoms with Crippen LogP contribution in [0.3, 0.4) is 0 Å².